The van der Waals surface area contributed by atoms with Gasteiger partial charge >= 0.3 is 12.0 Å². The highest BCUT2D eigenvalue weighted by molar-refractivity contribution is 5.84. The Bertz CT molecular complexity index is 528. The van der Waals surface area contributed by atoms with Gasteiger partial charge in [-0.15, -0.1) is 0 Å². The summed E-state index contributed by atoms with van der Waals surface area (Å²) in [6, 6.07) is 6.47. The topological polar surface area (TPSA) is 122 Å². The lowest BCUT2D eigenvalue weighted by Gasteiger charge is -2.26. The molecule has 0 radical (unpaired) electrons. The molecule has 0 fully saturated rings. The Labute approximate surface area is 122 Å². The summed E-state index contributed by atoms with van der Waals surface area (Å²) in [5.41, 5.74) is 4.68. The number of aliphatic carboxylic acids is 1. The number of rotatable bonds is 6. The SMILES string of the molecule is CC(C)(CC(N)=O)NC(=O)NC(C(=O)O)c1ccccc1. The quantitative estimate of drug-likeness (QED) is 0.618. The number of hydrogen-bond donors (Lipinski definition) is 4. The molecule has 7 heteroatoms. The number of hydrogen-bond acceptors (Lipinski definition) is 3. The first-order valence-corrected chi connectivity index (χ1v) is 6.36. The predicted octanol–water partition coefficient (Wildman–Crippen LogP) is 0.766. The van der Waals surface area contributed by atoms with Gasteiger partial charge in [-0.1, -0.05) is 30.3 Å². The summed E-state index contributed by atoms with van der Waals surface area (Å²) in [7, 11) is 0. The number of amides is 3. The summed E-state index contributed by atoms with van der Waals surface area (Å²) in [6.45, 7) is 3.24. The number of urea groups is 1. The Kier molecular flexibility index (Phi) is 5.29. The van der Waals surface area contributed by atoms with Crippen LogP contribution in [0.15, 0.2) is 30.3 Å². The van der Waals surface area contributed by atoms with Gasteiger partial charge in [-0.2, -0.15) is 0 Å². The van der Waals surface area contributed by atoms with Gasteiger partial charge < -0.3 is 21.5 Å². The Morgan fingerprint density at radius 3 is 2.29 bits per heavy atom. The number of benzene rings is 1. The second-order valence-corrected chi connectivity index (χ2v) is 5.31. The Balaban J connectivity index is 2.75. The lowest BCUT2D eigenvalue weighted by atomic mass is 10.0. The smallest absolute Gasteiger partial charge is 0.330 e. The highest BCUT2D eigenvalue weighted by atomic mass is 16.4. The fourth-order valence-corrected chi connectivity index (χ4v) is 1.89. The molecule has 0 bridgehead atoms. The molecule has 0 saturated heterocycles. The minimum Gasteiger partial charge on any atom is -0.479 e. The highest BCUT2D eigenvalue weighted by Crippen LogP contribution is 2.13. The summed E-state index contributed by atoms with van der Waals surface area (Å²) in [4.78, 5) is 34.1. The van der Waals surface area contributed by atoms with Crippen molar-refractivity contribution in [3.63, 3.8) is 0 Å². The van der Waals surface area contributed by atoms with Gasteiger partial charge in [-0.25, -0.2) is 9.59 Å². The monoisotopic (exact) mass is 293 g/mol. The maximum Gasteiger partial charge on any atom is 0.330 e. The lowest BCUT2D eigenvalue weighted by Crippen LogP contribution is -2.51. The fraction of sp³-hybridized carbons (Fsp3) is 0.357. The van der Waals surface area contributed by atoms with Crippen molar-refractivity contribution in [1.82, 2.24) is 10.6 Å². The molecule has 5 N–H and O–H groups in total. The van der Waals surface area contributed by atoms with E-state index in [0.717, 1.165) is 0 Å². The van der Waals surface area contributed by atoms with Gasteiger partial charge in [0.05, 0.1) is 0 Å². The Hall–Kier alpha value is -2.57. The number of carbonyl (C=O) groups excluding carboxylic acids is 2. The molecule has 1 rings (SSSR count). The van der Waals surface area contributed by atoms with Crippen molar-refractivity contribution >= 4 is 17.9 Å². The molecular formula is C14H19N3O4. The van der Waals surface area contributed by atoms with Crippen LogP contribution in [0.5, 0.6) is 0 Å². The molecule has 1 atom stereocenters. The zero-order valence-corrected chi connectivity index (χ0v) is 11.9. The maximum atomic E-state index is 11.9. The normalized spacial score (nSPS) is 12.3. The third-order valence-electron chi connectivity index (χ3n) is 2.72. The maximum absolute atomic E-state index is 11.9. The van der Waals surface area contributed by atoms with E-state index in [9.17, 15) is 19.5 Å². The van der Waals surface area contributed by atoms with Crippen LogP contribution in [0.1, 0.15) is 31.9 Å². The van der Waals surface area contributed by atoms with Gasteiger partial charge in [0.2, 0.25) is 5.91 Å². The summed E-state index contributed by atoms with van der Waals surface area (Å²) in [5.74, 6) is -1.73. The third kappa shape index (κ3) is 5.52. The Morgan fingerprint density at radius 2 is 1.81 bits per heavy atom. The van der Waals surface area contributed by atoms with Crippen LogP contribution in [0.25, 0.3) is 0 Å². The molecule has 0 aliphatic carbocycles. The van der Waals surface area contributed by atoms with Crippen LogP contribution in [0.3, 0.4) is 0 Å². The second-order valence-electron chi connectivity index (χ2n) is 5.31. The molecule has 0 aliphatic heterocycles. The molecule has 0 heterocycles. The largest absolute Gasteiger partial charge is 0.479 e. The minimum absolute atomic E-state index is 0.0521. The standard InChI is InChI=1S/C14H19N3O4/c1-14(2,8-10(15)18)17-13(21)16-11(12(19)20)9-6-4-3-5-7-9/h3-7,11H,8H2,1-2H3,(H2,15,18)(H,19,20)(H2,16,17,21). The first kappa shape index (κ1) is 16.5. The number of carbonyl (C=O) groups is 3. The van der Waals surface area contributed by atoms with Gasteiger partial charge in [0.25, 0.3) is 0 Å². The first-order valence-electron chi connectivity index (χ1n) is 6.36. The van der Waals surface area contributed by atoms with Gasteiger partial charge in [-0.3, -0.25) is 4.79 Å². The summed E-state index contributed by atoms with van der Waals surface area (Å²) in [6.07, 6.45) is -0.0521. The van der Waals surface area contributed by atoms with Crippen molar-refractivity contribution in [2.45, 2.75) is 31.8 Å². The van der Waals surface area contributed by atoms with Crippen LogP contribution < -0.4 is 16.4 Å². The number of nitrogens with one attached hydrogen (secondary N) is 2. The number of carboxylic acid groups (broad SMARTS) is 1. The average Bonchev–Trinajstić information content (AvgIpc) is 2.34. The van der Waals surface area contributed by atoms with E-state index in [1.807, 2.05) is 0 Å². The number of primary amides is 1. The van der Waals surface area contributed by atoms with Crippen LogP contribution in [0.2, 0.25) is 0 Å². The molecule has 1 aromatic carbocycles. The molecule has 114 valence electrons. The van der Waals surface area contributed by atoms with Crippen LogP contribution in [-0.4, -0.2) is 28.6 Å². The lowest BCUT2D eigenvalue weighted by molar-refractivity contribution is -0.139. The van der Waals surface area contributed by atoms with E-state index in [1.54, 1.807) is 44.2 Å². The number of nitrogens with two attached hydrogens (primary N) is 1. The molecule has 21 heavy (non-hydrogen) atoms. The van der Waals surface area contributed by atoms with E-state index in [1.165, 1.54) is 0 Å². The first-order chi connectivity index (χ1) is 9.71. The molecule has 0 spiro atoms. The molecule has 0 aromatic heterocycles. The molecule has 0 aliphatic rings. The van der Waals surface area contributed by atoms with Gasteiger partial charge in [0.15, 0.2) is 6.04 Å². The average molecular weight is 293 g/mol. The molecule has 1 unspecified atom stereocenters. The third-order valence-corrected chi connectivity index (χ3v) is 2.72. The van der Waals surface area contributed by atoms with Crippen molar-refractivity contribution in [1.29, 1.82) is 0 Å². The molecule has 0 saturated carbocycles. The summed E-state index contributed by atoms with van der Waals surface area (Å²) in [5, 5.41) is 14.1. The van der Waals surface area contributed by atoms with Crippen LogP contribution >= 0.6 is 0 Å². The zero-order chi connectivity index (χ0) is 16.0. The molecule has 1 aromatic rings. The van der Waals surface area contributed by atoms with Gasteiger partial charge in [-0.05, 0) is 19.4 Å². The van der Waals surface area contributed by atoms with Crippen molar-refractivity contribution in [3.05, 3.63) is 35.9 Å². The van der Waals surface area contributed by atoms with E-state index in [4.69, 9.17) is 5.73 Å². The zero-order valence-electron chi connectivity index (χ0n) is 11.9. The molecular weight excluding hydrogens is 274 g/mol. The molecule has 3 amide bonds. The predicted molar refractivity (Wildman–Crippen MR) is 76.4 cm³/mol. The van der Waals surface area contributed by atoms with Crippen molar-refractivity contribution in [3.8, 4) is 0 Å². The van der Waals surface area contributed by atoms with Gasteiger partial charge in [0, 0.05) is 12.0 Å². The Morgan fingerprint density at radius 1 is 1.24 bits per heavy atom. The van der Waals surface area contributed by atoms with Crippen LogP contribution in [-0.2, 0) is 9.59 Å². The summed E-state index contributed by atoms with van der Waals surface area (Å²) < 4.78 is 0. The van der Waals surface area contributed by atoms with E-state index in [-0.39, 0.29) is 6.42 Å². The van der Waals surface area contributed by atoms with Crippen molar-refractivity contribution in [2.24, 2.45) is 5.73 Å². The minimum atomic E-state index is -1.18. The van der Waals surface area contributed by atoms with Gasteiger partial charge in [0.1, 0.15) is 0 Å². The van der Waals surface area contributed by atoms with E-state index in [2.05, 4.69) is 10.6 Å². The van der Waals surface area contributed by atoms with E-state index in [0.29, 0.717) is 5.56 Å². The summed E-state index contributed by atoms with van der Waals surface area (Å²) >= 11 is 0. The van der Waals surface area contributed by atoms with Crippen LogP contribution in [0.4, 0.5) is 4.79 Å². The molecule has 7 nitrogen and oxygen atoms in total. The fourth-order valence-electron chi connectivity index (χ4n) is 1.89. The van der Waals surface area contributed by atoms with Crippen LogP contribution in [0, 0.1) is 0 Å². The second kappa shape index (κ2) is 6.74. The van der Waals surface area contributed by atoms with Crippen molar-refractivity contribution in [2.75, 3.05) is 0 Å². The van der Waals surface area contributed by atoms with E-state index < -0.39 is 29.5 Å². The number of carboxylic acids is 1. The van der Waals surface area contributed by atoms with Crippen molar-refractivity contribution < 1.29 is 19.5 Å². The van der Waals surface area contributed by atoms with E-state index >= 15 is 0 Å². The highest BCUT2D eigenvalue weighted by Gasteiger charge is 2.26.